The number of likely N-dealkylation sites (tertiary alicyclic amines) is 2. The van der Waals surface area contributed by atoms with Gasteiger partial charge in [-0.3, -0.25) is 14.8 Å². The van der Waals surface area contributed by atoms with Crippen molar-refractivity contribution < 1.29 is 9.53 Å². The fourth-order valence-electron chi connectivity index (χ4n) is 5.48. The van der Waals surface area contributed by atoms with Gasteiger partial charge in [-0.25, -0.2) is 0 Å². The van der Waals surface area contributed by atoms with Crippen LogP contribution in [-0.4, -0.2) is 78.2 Å². The van der Waals surface area contributed by atoms with Crippen molar-refractivity contribution in [2.24, 2.45) is 11.8 Å². The summed E-state index contributed by atoms with van der Waals surface area (Å²) in [6, 6.07) is 8.71. The minimum atomic E-state index is 0.0864. The van der Waals surface area contributed by atoms with Crippen molar-refractivity contribution in [2.75, 3.05) is 47.4 Å². The Morgan fingerprint density at radius 3 is 2.72 bits per heavy atom. The van der Waals surface area contributed by atoms with Crippen molar-refractivity contribution in [3.8, 4) is 5.75 Å². The summed E-state index contributed by atoms with van der Waals surface area (Å²) in [4.78, 5) is 20.0. The molecule has 0 spiro atoms. The number of likely N-dealkylation sites (N-methyl/N-ethyl adjacent to an activating group) is 1. The van der Waals surface area contributed by atoms with Crippen LogP contribution in [0.5, 0.6) is 5.75 Å². The maximum Gasteiger partial charge on any atom is 0.274 e. The third kappa shape index (κ3) is 3.13. The average molecular weight is 396 g/mol. The molecule has 1 N–H and O–H groups in total. The number of rotatable bonds is 3. The van der Waals surface area contributed by atoms with Gasteiger partial charge in [0.1, 0.15) is 5.75 Å². The van der Waals surface area contributed by atoms with Crippen LogP contribution >= 0.6 is 0 Å². The molecule has 3 aliphatic rings. The predicted octanol–water partition coefficient (Wildman–Crippen LogP) is 1.78. The molecular formula is C22H29N5O2. The number of carbonyl (C=O) groups excluding carboxylic acids is 1. The summed E-state index contributed by atoms with van der Waals surface area (Å²) in [5.41, 5.74) is 4.14. The van der Waals surface area contributed by atoms with Crippen molar-refractivity contribution in [3.63, 3.8) is 0 Å². The van der Waals surface area contributed by atoms with E-state index in [0.29, 0.717) is 23.6 Å². The lowest BCUT2D eigenvalue weighted by atomic mass is 9.89. The van der Waals surface area contributed by atoms with Gasteiger partial charge in [0.15, 0.2) is 5.69 Å². The third-order valence-electron chi connectivity index (χ3n) is 6.97. The highest BCUT2D eigenvalue weighted by Crippen LogP contribution is 2.44. The summed E-state index contributed by atoms with van der Waals surface area (Å²) >= 11 is 0. The van der Waals surface area contributed by atoms with Gasteiger partial charge in [-0.2, -0.15) is 5.10 Å². The topological polar surface area (TPSA) is 64.7 Å². The van der Waals surface area contributed by atoms with Gasteiger partial charge in [0.05, 0.1) is 7.11 Å². The Hall–Kier alpha value is -2.38. The zero-order valence-electron chi connectivity index (χ0n) is 17.4. The van der Waals surface area contributed by atoms with E-state index in [-0.39, 0.29) is 5.91 Å². The molecule has 3 atom stereocenters. The lowest BCUT2D eigenvalue weighted by molar-refractivity contribution is 0.0759. The largest absolute Gasteiger partial charge is 0.497 e. The molecule has 0 radical (unpaired) electrons. The van der Waals surface area contributed by atoms with Crippen LogP contribution < -0.4 is 4.74 Å². The Morgan fingerprint density at radius 1 is 1.17 bits per heavy atom. The second-order valence-electron chi connectivity index (χ2n) is 8.81. The number of fused-ring (bicyclic) bond motifs is 2. The Morgan fingerprint density at radius 2 is 1.97 bits per heavy atom. The maximum absolute atomic E-state index is 13.3. The first-order valence-corrected chi connectivity index (χ1v) is 10.4. The quantitative estimate of drug-likeness (QED) is 0.858. The summed E-state index contributed by atoms with van der Waals surface area (Å²) < 4.78 is 5.31. The Kier molecular flexibility index (Phi) is 4.59. The average Bonchev–Trinajstić information content (AvgIpc) is 3.39. The molecule has 2 saturated heterocycles. The number of ether oxygens (including phenoxy) is 1. The maximum atomic E-state index is 13.3. The molecule has 3 aliphatic heterocycles. The van der Waals surface area contributed by atoms with E-state index in [1.165, 1.54) is 5.56 Å². The van der Waals surface area contributed by atoms with Gasteiger partial charge < -0.3 is 14.5 Å². The summed E-state index contributed by atoms with van der Waals surface area (Å²) in [6.45, 7) is 4.43. The summed E-state index contributed by atoms with van der Waals surface area (Å²) in [6.07, 6.45) is 0.932. The van der Waals surface area contributed by atoms with E-state index >= 15 is 0 Å². The Balaban J connectivity index is 1.35. The summed E-state index contributed by atoms with van der Waals surface area (Å²) in [5, 5.41) is 7.52. The standard InChI is InChI=1S/C22H29N5O2/c1-25-9-8-19-18(12-25)20(24-23-19)22(28)27-11-15-10-26(2)21(17(15)13-27)14-4-6-16(29-3)7-5-14/h4-7,15,17,21H,8-13H2,1-3H3,(H,23,24)/t15-,17+,21+/m0/s1. The first-order valence-electron chi connectivity index (χ1n) is 10.4. The van der Waals surface area contributed by atoms with Crippen molar-refractivity contribution in [2.45, 2.75) is 19.0 Å². The zero-order chi connectivity index (χ0) is 20.1. The van der Waals surface area contributed by atoms with E-state index in [2.05, 4.69) is 46.2 Å². The number of aromatic nitrogens is 2. The SMILES string of the molecule is COc1ccc([C@@H]2[C@@H]3CN(C(=O)c4n[nH]c5c4CN(C)CC5)C[C@@H]3CN2C)cc1. The smallest absolute Gasteiger partial charge is 0.274 e. The lowest BCUT2D eigenvalue weighted by Gasteiger charge is -2.27. The van der Waals surface area contributed by atoms with Crippen LogP contribution in [0, 0.1) is 11.8 Å². The molecule has 0 unspecified atom stereocenters. The molecule has 1 aromatic carbocycles. The van der Waals surface area contributed by atoms with E-state index in [0.717, 1.165) is 56.2 Å². The summed E-state index contributed by atoms with van der Waals surface area (Å²) in [5.74, 6) is 1.93. The van der Waals surface area contributed by atoms with E-state index in [1.54, 1.807) is 7.11 Å². The number of H-pyrrole nitrogens is 1. The third-order valence-corrected chi connectivity index (χ3v) is 6.97. The van der Waals surface area contributed by atoms with Gasteiger partial charge in [-0.1, -0.05) is 12.1 Å². The Labute approximate surface area is 171 Å². The highest BCUT2D eigenvalue weighted by molar-refractivity contribution is 5.94. The van der Waals surface area contributed by atoms with E-state index < -0.39 is 0 Å². The highest BCUT2D eigenvalue weighted by atomic mass is 16.5. The minimum Gasteiger partial charge on any atom is -0.497 e. The van der Waals surface area contributed by atoms with Crippen molar-refractivity contribution in [3.05, 3.63) is 46.8 Å². The van der Waals surface area contributed by atoms with Crippen LogP contribution in [0.3, 0.4) is 0 Å². The fourth-order valence-corrected chi connectivity index (χ4v) is 5.48. The number of hydrogen-bond acceptors (Lipinski definition) is 5. The van der Waals surface area contributed by atoms with Crippen LogP contribution in [0.4, 0.5) is 0 Å². The van der Waals surface area contributed by atoms with Gasteiger partial charge in [0.25, 0.3) is 5.91 Å². The number of hydrogen-bond donors (Lipinski definition) is 1. The van der Waals surface area contributed by atoms with Crippen LogP contribution in [0.15, 0.2) is 24.3 Å². The molecule has 154 valence electrons. The molecule has 1 aromatic heterocycles. The Bertz CT molecular complexity index is 908. The van der Waals surface area contributed by atoms with Crippen molar-refractivity contribution >= 4 is 5.91 Å². The van der Waals surface area contributed by atoms with Crippen LogP contribution in [-0.2, 0) is 13.0 Å². The molecule has 7 heteroatoms. The molecule has 2 fully saturated rings. The number of amides is 1. The molecular weight excluding hydrogens is 366 g/mol. The zero-order valence-corrected chi connectivity index (χ0v) is 17.4. The van der Waals surface area contributed by atoms with Crippen LogP contribution in [0.2, 0.25) is 0 Å². The molecule has 0 bridgehead atoms. The second kappa shape index (κ2) is 7.15. The molecule has 29 heavy (non-hydrogen) atoms. The van der Waals surface area contributed by atoms with E-state index in [1.807, 2.05) is 17.0 Å². The fraction of sp³-hybridized carbons (Fsp3) is 0.545. The molecule has 7 nitrogen and oxygen atoms in total. The minimum absolute atomic E-state index is 0.0864. The van der Waals surface area contributed by atoms with Crippen LogP contribution in [0.1, 0.15) is 33.4 Å². The molecule has 5 rings (SSSR count). The van der Waals surface area contributed by atoms with Crippen LogP contribution in [0.25, 0.3) is 0 Å². The summed E-state index contributed by atoms with van der Waals surface area (Å²) in [7, 11) is 5.98. The number of methoxy groups -OCH3 is 1. The number of aromatic amines is 1. The number of benzene rings is 1. The first kappa shape index (κ1) is 18.6. The number of nitrogens with zero attached hydrogens (tertiary/aromatic N) is 4. The van der Waals surface area contributed by atoms with Crippen molar-refractivity contribution in [1.29, 1.82) is 0 Å². The first-order chi connectivity index (χ1) is 14.0. The van der Waals surface area contributed by atoms with E-state index in [4.69, 9.17) is 4.74 Å². The number of nitrogens with one attached hydrogen (secondary N) is 1. The van der Waals surface area contributed by atoms with Crippen molar-refractivity contribution in [1.82, 2.24) is 24.9 Å². The van der Waals surface area contributed by atoms with Gasteiger partial charge in [-0.05, 0) is 37.7 Å². The number of carbonyl (C=O) groups is 1. The highest BCUT2D eigenvalue weighted by Gasteiger charge is 2.47. The molecule has 0 saturated carbocycles. The predicted molar refractivity (Wildman–Crippen MR) is 110 cm³/mol. The van der Waals surface area contributed by atoms with E-state index in [9.17, 15) is 4.79 Å². The monoisotopic (exact) mass is 395 g/mol. The van der Waals surface area contributed by atoms with Gasteiger partial charge >= 0.3 is 0 Å². The molecule has 0 aliphatic carbocycles. The molecule has 4 heterocycles. The lowest BCUT2D eigenvalue weighted by Crippen LogP contribution is -2.35. The van der Waals surface area contributed by atoms with Gasteiger partial charge in [-0.15, -0.1) is 0 Å². The van der Waals surface area contributed by atoms with Gasteiger partial charge in [0, 0.05) is 62.4 Å². The molecule has 1 amide bonds. The van der Waals surface area contributed by atoms with Gasteiger partial charge in [0.2, 0.25) is 0 Å². The molecule has 2 aromatic rings. The second-order valence-corrected chi connectivity index (χ2v) is 8.81. The normalized spacial score (nSPS) is 27.1.